The van der Waals surface area contributed by atoms with E-state index in [0.29, 0.717) is 11.6 Å². The predicted octanol–water partition coefficient (Wildman–Crippen LogP) is 3.31. The van der Waals surface area contributed by atoms with E-state index in [1.54, 1.807) is 18.4 Å². The molecule has 2 atom stereocenters. The zero-order valence-corrected chi connectivity index (χ0v) is 14.8. The molecule has 3 rings (SSSR count). The third-order valence-electron chi connectivity index (χ3n) is 4.32. The minimum absolute atomic E-state index is 0.0888. The topological polar surface area (TPSA) is 71.3 Å². The van der Waals surface area contributed by atoms with Crippen LogP contribution in [0.15, 0.2) is 52.0 Å². The van der Waals surface area contributed by atoms with Gasteiger partial charge >= 0.3 is 0 Å². The molecule has 2 aromatic rings. The van der Waals surface area contributed by atoms with Gasteiger partial charge in [0.2, 0.25) is 10.0 Å². The molecule has 7 heteroatoms. The number of nitrogens with one attached hydrogen (secondary N) is 2. The Labute approximate surface area is 147 Å². The van der Waals surface area contributed by atoms with Crippen LogP contribution in [0.2, 0.25) is 5.02 Å². The quantitative estimate of drug-likeness (QED) is 0.820. The van der Waals surface area contributed by atoms with Crippen molar-refractivity contribution in [2.45, 2.75) is 49.2 Å². The van der Waals surface area contributed by atoms with Crippen LogP contribution < -0.4 is 10.0 Å². The number of furan rings is 1. The first-order valence-electron chi connectivity index (χ1n) is 8.08. The summed E-state index contributed by atoms with van der Waals surface area (Å²) in [4.78, 5) is 0.238. The predicted molar refractivity (Wildman–Crippen MR) is 93.4 cm³/mol. The van der Waals surface area contributed by atoms with Gasteiger partial charge in [0.1, 0.15) is 5.76 Å². The van der Waals surface area contributed by atoms with Gasteiger partial charge in [-0.2, -0.15) is 0 Å². The Kier molecular flexibility index (Phi) is 5.61. The Hall–Kier alpha value is -1.34. The fourth-order valence-corrected chi connectivity index (χ4v) is 4.48. The summed E-state index contributed by atoms with van der Waals surface area (Å²) in [5, 5.41) is 3.93. The third-order valence-corrected chi connectivity index (χ3v) is 6.07. The first-order valence-corrected chi connectivity index (χ1v) is 9.94. The zero-order chi connectivity index (χ0) is 17.0. The molecular formula is C17H21ClN2O3S. The van der Waals surface area contributed by atoms with Crippen molar-refractivity contribution in [2.75, 3.05) is 0 Å². The van der Waals surface area contributed by atoms with Crippen LogP contribution in [-0.4, -0.2) is 20.5 Å². The van der Waals surface area contributed by atoms with Crippen LogP contribution in [0.3, 0.4) is 0 Å². The Morgan fingerprint density at radius 3 is 2.46 bits per heavy atom. The zero-order valence-electron chi connectivity index (χ0n) is 13.2. The Balaban J connectivity index is 1.67. The number of hydrogen-bond donors (Lipinski definition) is 2. The molecule has 5 nitrogen and oxygen atoms in total. The van der Waals surface area contributed by atoms with Crippen LogP contribution in [-0.2, 0) is 16.6 Å². The molecule has 1 aromatic carbocycles. The van der Waals surface area contributed by atoms with E-state index in [1.165, 1.54) is 12.1 Å². The maximum Gasteiger partial charge on any atom is 0.240 e. The van der Waals surface area contributed by atoms with Gasteiger partial charge in [-0.3, -0.25) is 0 Å². The normalized spacial score (nSPS) is 21.7. The molecule has 0 radical (unpaired) electrons. The number of halogens is 1. The van der Waals surface area contributed by atoms with Crippen LogP contribution >= 0.6 is 11.6 Å². The van der Waals surface area contributed by atoms with Gasteiger partial charge in [0.25, 0.3) is 0 Å². The van der Waals surface area contributed by atoms with E-state index in [2.05, 4.69) is 10.0 Å². The monoisotopic (exact) mass is 368 g/mol. The van der Waals surface area contributed by atoms with Gasteiger partial charge in [0, 0.05) is 17.1 Å². The summed E-state index contributed by atoms with van der Waals surface area (Å²) in [7, 11) is -3.55. The van der Waals surface area contributed by atoms with Crippen molar-refractivity contribution in [1.82, 2.24) is 10.0 Å². The molecule has 0 saturated heterocycles. The molecule has 1 aliphatic carbocycles. The first-order chi connectivity index (χ1) is 11.5. The highest BCUT2D eigenvalue weighted by atomic mass is 35.5. The maximum absolute atomic E-state index is 12.6. The molecule has 1 aromatic heterocycles. The van der Waals surface area contributed by atoms with Crippen LogP contribution in [0.1, 0.15) is 31.4 Å². The lowest BCUT2D eigenvalue weighted by molar-refractivity contribution is 0.301. The largest absolute Gasteiger partial charge is 0.468 e. The lowest BCUT2D eigenvalue weighted by Crippen LogP contribution is -2.51. The van der Waals surface area contributed by atoms with Crippen molar-refractivity contribution >= 4 is 21.6 Å². The van der Waals surface area contributed by atoms with E-state index in [0.717, 1.165) is 31.4 Å². The first kappa shape index (κ1) is 17.5. The Bertz CT molecular complexity index is 745. The average molecular weight is 369 g/mol. The van der Waals surface area contributed by atoms with Gasteiger partial charge in [-0.25, -0.2) is 13.1 Å². The van der Waals surface area contributed by atoms with E-state index in [-0.39, 0.29) is 17.0 Å². The maximum atomic E-state index is 12.6. The van der Waals surface area contributed by atoms with E-state index < -0.39 is 10.0 Å². The van der Waals surface area contributed by atoms with E-state index in [1.807, 2.05) is 12.1 Å². The van der Waals surface area contributed by atoms with Crippen molar-refractivity contribution in [3.63, 3.8) is 0 Å². The van der Waals surface area contributed by atoms with Gasteiger partial charge in [-0.05, 0) is 49.2 Å². The van der Waals surface area contributed by atoms with E-state index in [9.17, 15) is 8.42 Å². The van der Waals surface area contributed by atoms with Crippen LogP contribution in [0.25, 0.3) is 0 Å². The number of benzene rings is 1. The molecular weight excluding hydrogens is 348 g/mol. The summed E-state index contributed by atoms with van der Waals surface area (Å²) in [6.07, 6.45) is 5.51. The molecule has 24 heavy (non-hydrogen) atoms. The van der Waals surface area contributed by atoms with Crippen molar-refractivity contribution in [3.05, 3.63) is 53.4 Å². The highest BCUT2D eigenvalue weighted by molar-refractivity contribution is 7.89. The van der Waals surface area contributed by atoms with Crippen molar-refractivity contribution in [3.8, 4) is 0 Å². The summed E-state index contributed by atoms with van der Waals surface area (Å²) in [5.74, 6) is 0.847. The van der Waals surface area contributed by atoms with Gasteiger partial charge in [0.15, 0.2) is 0 Å². The molecule has 0 unspecified atom stereocenters. The molecule has 1 heterocycles. The number of rotatable bonds is 6. The fourth-order valence-electron chi connectivity index (χ4n) is 3.04. The third kappa shape index (κ3) is 4.39. The summed E-state index contributed by atoms with van der Waals surface area (Å²) in [5.41, 5.74) is 0. The number of sulfonamides is 1. The van der Waals surface area contributed by atoms with Crippen molar-refractivity contribution < 1.29 is 12.8 Å². The summed E-state index contributed by atoms with van der Waals surface area (Å²) in [6, 6.07) is 9.94. The minimum atomic E-state index is -3.55. The van der Waals surface area contributed by atoms with Crippen molar-refractivity contribution in [2.24, 2.45) is 0 Å². The smallest absolute Gasteiger partial charge is 0.240 e. The Morgan fingerprint density at radius 1 is 1.08 bits per heavy atom. The standard InChI is InChI=1S/C17H21ClN2O3S/c18-13-7-9-15(10-8-13)24(21,22)20-17-6-2-1-5-16(17)19-12-14-4-3-11-23-14/h3-4,7-11,16-17,19-20H,1-2,5-6,12H2/t16-,17-/m1/s1. The summed E-state index contributed by atoms with van der Waals surface area (Å²) in [6.45, 7) is 0.594. The minimum Gasteiger partial charge on any atom is -0.468 e. The molecule has 1 saturated carbocycles. The molecule has 0 spiro atoms. The fraction of sp³-hybridized carbons (Fsp3) is 0.412. The second kappa shape index (κ2) is 7.70. The van der Waals surface area contributed by atoms with E-state index in [4.69, 9.17) is 16.0 Å². The summed E-state index contributed by atoms with van der Waals surface area (Å²) >= 11 is 5.83. The lowest BCUT2D eigenvalue weighted by atomic mass is 9.91. The van der Waals surface area contributed by atoms with Gasteiger partial charge in [0.05, 0.1) is 17.7 Å². The number of hydrogen-bond acceptors (Lipinski definition) is 4. The van der Waals surface area contributed by atoms with E-state index >= 15 is 0 Å². The highest BCUT2D eigenvalue weighted by Gasteiger charge is 2.29. The highest BCUT2D eigenvalue weighted by Crippen LogP contribution is 2.22. The van der Waals surface area contributed by atoms with Gasteiger partial charge < -0.3 is 9.73 Å². The molecule has 2 N–H and O–H groups in total. The molecule has 0 aliphatic heterocycles. The molecule has 130 valence electrons. The Morgan fingerprint density at radius 2 is 1.79 bits per heavy atom. The molecule has 0 amide bonds. The molecule has 1 fully saturated rings. The van der Waals surface area contributed by atoms with Crippen LogP contribution in [0, 0.1) is 0 Å². The second-order valence-electron chi connectivity index (χ2n) is 6.03. The van der Waals surface area contributed by atoms with Crippen LogP contribution in [0.4, 0.5) is 0 Å². The molecule has 1 aliphatic rings. The second-order valence-corrected chi connectivity index (χ2v) is 8.18. The average Bonchev–Trinajstić information content (AvgIpc) is 3.07. The molecule has 0 bridgehead atoms. The summed E-state index contributed by atoms with van der Waals surface area (Å²) < 4.78 is 33.4. The van der Waals surface area contributed by atoms with Gasteiger partial charge in [-0.15, -0.1) is 0 Å². The van der Waals surface area contributed by atoms with Gasteiger partial charge in [-0.1, -0.05) is 24.4 Å². The lowest BCUT2D eigenvalue weighted by Gasteiger charge is -2.32. The van der Waals surface area contributed by atoms with Crippen molar-refractivity contribution in [1.29, 1.82) is 0 Å². The van der Waals surface area contributed by atoms with Crippen LogP contribution in [0.5, 0.6) is 0 Å². The SMILES string of the molecule is O=S(=O)(N[C@@H]1CCCC[C@H]1NCc1ccco1)c1ccc(Cl)cc1.